The van der Waals surface area contributed by atoms with E-state index >= 15 is 0 Å². The van der Waals surface area contributed by atoms with Gasteiger partial charge in [0.25, 0.3) is 0 Å². The van der Waals surface area contributed by atoms with Gasteiger partial charge in [-0.05, 0) is 39.4 Å². The molecule has 1 aromatic heterocycles. The Kier molecular flexibility index (Phi) is 7.30. The van der Waals surface area contributed by atoms with Crippen molar-refractivity contribution in [2.75, 3.05) is 30.7 Å². The van der Waals surface area contributed by atoms with Crippen LogP contribution in [-0.2, 0) is 6.42 Å². The van der Waals surface area contributed by atoms with Crippen LogP contribution in [0.15, 0.2) is 6.07 Å². The van der Waals surface area contributed by atoms with Crippen molar-refractivity contribution in [3.05, 3.63) is 11.9 Å². The normalized spacial score (nSPS) is 12.7. The highest BCUT2D eigenvalue weighted by Crippen LogP contribution is 2.12. The molecule has 0 saturated carbocycles. The summed E-state index contributed by atoms with van der Waals surface area (Å²) in [5, 5.41) is 3.42. The average molecular weight is 279 g/mol. The molecular formula is C15H29N5. The molecule has 20 heavy (non-hydrogen) atoms. The number of nitrogens with two attached hydrogens (primary N) is 1. The molecule has 3 N–H and O–H groups in total. The van der Waals surface area contributed by atoms with Crippen molar-refractivity contribution in [3.63, 3.8) is 0 Å². The first kappa shape index (κ1) is 16.7. The highest BCUT2D eigenvalue weighted by molar-refractivity contribution is 5.45. The van der Waals surface area contributed by atoms with Crippen LogP contribution in [-0.4, -0.2) is 40.5 Å². The van der Waals surface area contributed by atoms with Gasteiger partial charge in [-0.2, -0.15) is 0 Å². The molecule has 0 aliphatic heterocycles. The first-order chi connectivity index (χ1) is 9.58. The zero-order valence-corrected chi connectivity index (χ0v) is 13.3. The van der Waals surface area contributed by atoms with E-state index in [1.807, 2.05) is 6.92 Å². The number of nitrogens with one attached hydrogen (secondary N) is 1. The fourth-order valence-electron chi connectivity index (χ4n) is 2.24. The first-order valence-corrected chi connectivity index (χ1v) is 7.71. The minimum Gasteiger partial charge on any atom is -0.384 e. The fraction of sp³-hybridized carbons (Fsp3) is 0.733. The molecule has 5 heteroatoms. The topological polar surface area (TPSA) is 67.1 Å². The second kappa shape index (κ2) is 8.74. The van der Waals surface area contributed by atoms with E-state index in [1.165, 1.54) is 6.42 Å². The third-order valence-corrected chi connectivity index (χ3v) is 3.51. The van der Waals surface area contributed by atoms with E-state index in [-0.39, 0.29) is 0 Å². The summed E-state index contributed by atoms with van der Waals surface area (Å²) in [7, 11) is 0. The highest BCUT2D eigenvalue weighted by Gasteiger charge is 2.07. The van der Waals surface area contributed by atoms with Gasteiger partial charge in [-0.3, -0.25) is 0 Å². The monoisotopic (exact) mass is 279 g/mol. The average Bonchev–Trinajstić information content (AvgIpc) is 2.42. The molecule has 0 radical (unpaired) electrons. The molecule has 0 amide bonds. The van der Waals surface area contributed by atoms with Crippen molar-refractivity contribution >= 4 is 11.6 Å². The standard InChI is InChI=1S/C15H29N5/c1-5-14-18-13(16)11-15(19-14)17-12(4)9-8-10-20(6-2)7-3/h11-12H,5-10H2,1-4H3,(H3,16,17,18,19). The summed E-state index contributed by atoms with van der Waals surface area (Å²) in [5.41, 5.74) is 5.79. The zero-order valence-electron chi connectivity index (χ0n) is 13.3. The molecule has 1 aromatic rings. The van der Waals surface area contributed by atoms with Crippen LogP contribution in [0.3, 0.4) is 0 Å². The van der Waals surface area contributed by atoms with Gasteiger partial charge in [-0.15, -0.1) is 0 Å². The molecule has 0 aliphatic carbocycles. The van der Waals surface area contributed by atoms with Crippen LogP contribution in [0.4, 0.5) is 11.6 Å². The number of aromatic nitrogens is 2. The van der Waals surface area contributed by atoms with Crippen LogP contribution in [0.2, 0.25) is 0 Å². The quantitative estimate of drug-likeness (QED) is 0.727. The van der Waals surface area contributed by atoms with Crippen molar-refractivity contribution in [1.82, 2.24) is 14.9 Å². The van der Waals surface area contributed by atoms with E-state index in [1.54, 1.807) is 6.07 Å². The summed E-state index contributed by atoms with van der Waals surface area (Å²) >= 11 is 0. The predicted octanol–water partition coefficient (Wildman–Crippen LogP) is 2.54. The van der Waals surface area contributed by atoms with Gasteiger partial charge in [-0.1, -0.05) is 20.8 Å². The van der Waals surface area contributed by atoms with Crippen molar-refractivity contribution in [1.29, 1.82) is 0 Å². The Morgan fingerprint density at radius 2 is 1.95 bits per heavy atom. The largest absolute Gasteiger partial charge is 0.384 e. The number of anilines is 2. The summed E-state index contributed by atoms with van der Waals surface area (Å²) in [6.07, 6.45) is 3.12. The number of hydrogen-bond donors (Lipinski definition) is 2. The van der Waals surface area contributed by atoms with E-state index in [9.17, 15) is 0 Å². The number of rotatable bonds is 9. The number of aryl methyl sites for hydroxylation is 1. The van der Waals surface area contributed by atoms with Crippen LogP contribution in [0, 0.1) is 0 Å². The summed E-state index contributed by atoms with van der Waals surface area (Å²) < 4.78 is 0. The summed E-state index contributed by atoms with van der Waals surface area (Å²) in [6.45, 7) is 12.0. The first-order valence-electron chi connectivity index (χ1n) is 7.71. The van der Waals surface area contributed by atoms with Crippen LogP contribution in [0.25, 0.3) is 0 Å². The molecule has 1 atom stereocenters. The highest BCUT2D eigenvalue weighted by atomic mass is 15.1. The maximum atomic E-state index is 5.79. The van der Waals surface area contributed by atoms with Gasteiger partial charge < -0.3 is 16.0 Å². The minimum atomic E-state index is 0.393. The molecule has 0 aliphatic rings. The summed E-state index contributed by atoms with van der Waals surface area (Å²) in [4.78, 5) is 11.1. The molecule has 0 spiro atoms. The molecular weight excluding hydrogens is 250 g/mol. The van der Waals surface area contributed by atoms with E-state index in [0.717, 1.165) is 44.1 Å². The fourth-order valence-corrected chi connectivity index (χ4v) is 2.24. The third kappa shape index (κ3) is 5.74. The van der Waals surface area contributed by atoms with Gasteiger partial charge in [0.1, 0.15) is 17.5 Å². The molecule has 1 heterocycles. The van der Waals surface area contributed by atoms with Crippen molar-refractivity contribution in [2.24, 2.45) is 0 Å². The second-order valence-corrected chi connectivity index (χ2v) is 5.16. The lowest BCUT2D eigenvalue weighted by Crippen LogP contribution is -2.25. The lowest BCUT2D eigenvalue weighted by Gasteiger charge is -2.20. The van der Waals surface area contributed by atoms with Gasteiger partial charge in [0, 0.05) is 18.5 Å². The van der Waals surface area contributed by atoms with Crippen LogP contribution < -0.4 is 11.1 Å². The van der Waals surface area contributed by atoms with Crippen LogP contribution >= 0.6 is 0 Å². The predicted molar refractivity (Wildman–Crippen MR) is 85.9 cm³/mol. The molecule has 1 rings (SSSR count). The Bertz CT molecular complexity index is 390. The van der Waals surface area contributed by atoms with Gasteiger partial charge in [0.05, 0.1) is 0 Å². The zero-order chi connectivity index (χ0) is 15.0. The minimum absolute atomic E-state index is 0.393. The SMILES string of the molecule is CCc1nc(N)cc(NC(C)CCCN(CC)CC)n1. The Morgan fingerprint density at radius 1 is 1.25 bits per heavy atom. The molecule has 5 nitrogen and oxygen atoms in total. The summed E-state index contributed by atoms with van der Waals surface area (Å²) in [5.74, 6) is 2.17. The van der Waals surface area contributed by atoms with Crippen molar-refractivity contribution in [2.45, 2.75) is 53.0 Å². The van der Waals surface area contributed by atoms with Crippen LogP contribution in [0.1, 0.15) is 46.4 Å². The van der Waals surface area contributed by atoms with Crippen LogP contribution in [0.5, 0.6) is 0 Å². The Labute approximate surface area is 123 Å². The Balaban J connectivity index is 2.42. The third-order valence-electron chi connectivity index (χ3n) is 3.51. The lowest BCUT2D eigenvalue weighted by atomic mass is 10.1. The van der Waals surface area contributed by atoms with Gasteiger partial charge in [0.2, 0.25) is 0 Å². The van der Waals surface area contributed by atoms with E-state index < -0.39 is 0 Å². The molecule has 1 unspecified atom stereocenters. The van der Waals surface area contributed by atoms with Gasteiger partial charge in [-0.25, -0.2) is 9.97 Å². The van der Waals surface area contributed by atoms with E-state index in [2.05, 4.69) is 41.0 Å². The Hall–Kier alpha value is -1.36. The Morgan fingerprint density at radius 3 is 2.55 bits per heavy atom. The maximum absolute atomic E-state index is 5.79. The maximum Gasteiger partial charge on any atom is 0.132 e. The molecule has 0 bridgehead atoms. The number of hydrogen-bond acceptors (Lipinski definition) is 5. The van der Waals surface area contributed by atoms with E-state index in [4.69, 9.17) is 5.73 Å². The number of nitrogen functional groups attached to an aromatic ring is 1. The smallest absolute Gasteiger partial charge is 0.132 e. The molecule has 0 fully saturated rings. The van der Waals surface area contributed by atoms with Crippen molar-refractivity contribution < 1.29 is 0 Å². The number of nitrogens with zero attached hydrogens (tertiary/aromatic N) is 3. The molecule has 0 aromatic carbocycles. The molecule has 0 saturated heterocycles. The van der Waals surface area contributed by atoms with Gasteiger partial charge in [0.15, 0.2) is 0 Å². The summed E-state index contributed by atoms with van der Waals surface area (Å²) in [6, 6.07) is 2.20. The lowest BCUT2D eigenvalue weighted by molar-refractivity contribution is 0.295. The molecule has 114 valence electrons. The van der Waals surface area contributed by atoms with Gasteiger partial charge >= 0.3 is 0 Å². The second-order valence-electron chi connectivity index (χ2n) is 5.16. The van der Waals surface area contributed by atoms with Crippen molar-refractivity contribution in [3.8, 4) is 0 Å². The van der Waals surface area contributed by atoms with E-state index in [0.29, 0.717) is 11.9 Å².